The summed E-state index contributed by atoms with van der Waals surface area (Å²) in [6.07, 6.45) is 4.84. The van der Waals surface area contributed by atoms with Crippen LogP contribution in [0.15, 0.2) is 0 Å². The molecular formula is C15H24N2O2S. The number of ether oxygens (including phenoxy) is 1. The van der Waals surface area contributed by atoms with Crippen molar-refractivity contribution in [3.05, 3.63) is 10.6 Å². The van der Waals surface area contributed by atoms with Crippen molar-refractivity contribution in [1.29, 1.82) is 0 Å². The van der Waals surface area contributed by atoms with E-state index in [0.29, 0.717) is 18.4 Å². The highest BCUT2D eigenvalue weighted by Gasteiger charge is 2.23. The van der Waals surface area contributed by atoms with Crippen LogP contribution in [0.1, 0.15) is 50.1 Å². The molecule has 1 aromatic heterocycles. The van der Waals surface area contributed by atoms with Crippen LogP contribution >= 0.6 is 11.3 Å². The van der Waals surface area contributed by atoms with Crippen molar-refractivity contribution < 1.29 is 9.53 Å². The maximum atomic E-state index is 12.1. The fourth-order valence-corrected chi connectivity index (χ4v) is 3.59. The Morgan fingerprint density at radius 3 is 2.95 bits per heavy atom. The van der Waals surface area contributed by atoms with E-state index in [0.717, 1.165) is 43.1 Å². The van der Waals surface area contributed by atoms with Crippen molar-refractivity contribution in [2.75, 3.05) is 11.9 Å². The predicted octanol–water partition coefficient (Wildman–Crippen LogP) is 3.55. The van der Waals surface area contributed by atoms with Gasteiger partial charge in [-0.2, -0.15) is 0 Å². The lowest BCUT2D eigenvalue weighted by Gasteiger charge is -2.28. The highest BCUT2D eigenvalue weighted by atomic mass is 32.1. The van der Waals surface area contributed by atoms with E-state index in [2.05, 4.69) is 31.1 Å². The summed E-state index contributed by atoms with van der Waals surface area (Å²) in [6, 6.07) is 0. The normalized spacial score (nSPS) is 22.8. The van der Waals surface area contributed by atoms with Gasteiger partial charge in [0.15, 0.2) is 5.13 Å². The average molecular weight is 296 g/mol. The van der Waals surface area contributed by atoms with Crippen LogP contribution in [0.3, 0.4) is 0 Å². The summed E-state index contributed by atoms with van der Waals surface area (Å²) >= 11 is 1.57. The summed E-state index contributed by atoms with van der Waals surface area (Å²) in [4.78, 5) is 17.7. The van der Waals surface area contributed by atoms with Crippen LogP contribution in [0.2, 0.25) is 0 Å². The van der Waals surface area contributed by atoms with E-state index < -0.39 is 0 Å². The van der Waals surface area contributed by atoms with Gasteiger partial charge in [0.05, 0.1) is 11.8 Å². The molecular weight excluding hydrogens is 272 g/mol. The summed E-state index contributed by atoms with van der Waals surface area (Å²) in [5.74, 6) is 0.531. The third-order valence-electron chi connectivity index (χ3n) is 3.88. The molecule has 2 unspecified atom stereocenters. The maximum absolute atomic E-state index is 12.1. The summed E-state index contributed by atoms with van der Waals surface area (Å²) in [6.45, 7) is 7.06. The Morgan fingerprint density at radius 2 is 2.30 bits per heavy atom. The zero-order chi connectivity index (χ0) is 14.5. The molecule has 1 fully saturated rings. The number of anilines is 1. The lowest BCUT2D eigenvalue weighted by molar-refractivity contribution is -0.118. The van der Waals surface area contributed by atoms with E-state index in [9.17, 15) is 4.79 Å². The lowest BCUT2D eigenvalue weighted by Crippen LogP contribution is -2.28. The Labute approximate surface area is 124 Å². The van der Waals surface area contributed by atoms with Gasteiger partial charge in [0.2, 0.25) is 5.91 Å². The van der Waals surface area contributed by atoms with Crippen LogP contribution in [0.25, 0.3) is 0 Å². The van der Waals surface area contributed by atoms with Crippen LogP contribution in [0.4, 0.5) is 5.13 Å². The Kier molecular flexibility index (Phi) is 5.54. The molecule has 1 N–H and O–H groups in total. The topological polar surface area (TPSA) is 51.2 Å². The molecule has 0 radical (unpaired) electrons. The maximum Gasteiger partial charge on any atom is 0.226 e. The largest absolute Gasteiger partial charge is 0.378 e. The second-order valence-electron chi connectivity index (χ2n) is 5.42. The van der Waals surface area contributed by atoms with E-state index in [1.807, 2.05) is 0 Å². The van der Waals surface area contributed by atoms with Crippen molar-refractivity contribution in [3.63, 3.8) is 0 Å². The predicted molar refractivity (Wildman–Crippen MR) is 82.2 cm³/mol. The number of aromatic nitrogens is 1. The van der Waals surface area contributed by atoms with Gasteiger partial charge in [-0.05, 0) is 38.5 Å². The number of hydrogen-bond acceptors (Lipinski definition) is 4. The van der Waals surface area contributed by atoms with Gasteiger partial charge in [0.25, 0.3) is 0 Å². The molecule has 1 aliphatic rings. The minimum atomic E-state index is 0.0863. The van der Waals surface area contributed by atoms with Gasteiger partial charge in [0.1, 0.15) is 0 Å². The number of nitrogens with zero attached hydrogens (tertiary/aromatic N) is 1. The average Bonchev–Trinajstić information content (AvgIpc) is 2.78. The minimum absolute atomic E-state index is 0.0863. The molecule has 2 heterocycles. The third kappa shape index (κ3) is 4.03. The first-order valence-electron chi connectivity index (χ1n) is 7.50. The van der Waals surface area contributed by atoms with Crippen LogP contribution in [-0.2, 0) is 16.0 Å². The number of carbonyl (C=O) groups is 1. The minimum Gasteiger partial charge on any atom is -0.378 e. The summed E-state index contributed by atoms with van der Waals surface area (Å²) in [7, 11) is 0. The van der Waals surface area contributed by atoms with E-state index in [1.54, 1.807) is 11.3 Å². The van der Waals surface area contributed by atoms with Crippen LogP contribution in [0, 0.1) is 12.8 Å². The summed E-state index contributed by atoms with van der Waals surface area (Å²) in [5.41, 5.74) is 1.09. The first kappa shape index (κ1) is 15.4. The summed E-state index contributed by atoms with van der Waals surface area (Å²) < 4.78 is 5.65. The lowest BCUT2D eigenvalue weighted by atomic mass is 9.91. The van der Waals surface area contributed by atoms with E-state index >= 15 is 0 Å². The Balaban J connectivity index is 1.85. The van der Waals surface area contributed by atoms with E-state index in [4.69, 9.17) is 4.74 Å². The van der Waals surface area contributed by atoms with Crippen LogP contribution in [-0.4, -0.2) is 23.6 Å². The summed E-state index contributed by atoms with van der Waals surface area (Å²) in [5, 5.41) is 3.68. The number of rotatable bonds is 5. The number of thiazole rings is 1. The van der Waals surface area contributed by atoms with Gasteiger partial charge in [-0.1, -0.05) is 13.8 Å². The molecule has 20 heavy (non-hydrogen) atoms. The van der Waals surface area contributed by atoms with Gasteiger partial charge in [0, 0.05) is 17.9 Å². The number of nitrogens with one attached hydrogen (secondary N) is 1. The molecule has 5 heteroatoms. The fraction of sp³-hybridized carbons (Fsp3) is 0.733. The molecule has 112 valence electrons. The van der Waals surface area contributed by atoms with Crippen molar-refractivity contribution >= 4 is 22.4 Å². The molecule has 2 rings (SSSR count). The second-order valence-corrected chi connectivity index (χ2v) is 6.62. The molecule has 1 saturated heterocycles. The van der Waals surface area contributed by atoms with E-state index in [-0.39, 0.29) is 5.91 Å². The smallest absolute Gasteiger partial charge is 0.226 e. The number of aryl methyl sites for hydroxylation is 2. The quantitative estimate of drug-likeness (QED) is 0.904. The van der Waals surface area contributed by atoms with Crippen molar-refractivity contribution in [3.8, 4) is 0 Å². The van der Waals surface area contributed by atoms with Crippen LogP contribution < -0.4 is 5.32 Å². The number of amides is 1. The van der Waals surface area contributed by atoms with Crippen molar-refractivity contribution in [2.24, 2.45) is 5.92 Å². The highest BCUT2D eigenvalue weighted by molar-refractivity contribution is 7.15. The second kappa shape index (κ2) is 7.18. The Hall–Kier alpha value is -0.940. The Bertz CT molecular complexity index is 459. The molecule has 2 atom stereocenters. The molecule has 0 saturated carbocycles. The zero-order valence-electron chi connectivity index (χ0n) is 12.6. The molecule has 0 spiro atoms. The van der Waals surface area contributed by atoms with Crippen molar-refractivity contribution in [1.82, 2.24) is 4.98 Å². The SMILES string of the molecule is CCc1nc(NC(=O)CC2CCOC(CC)C2)sc1C. The number of hydrogen-bond donors (Lipinski definition) is 1. The number of carbonyl (C=O) groups excluding carboxylic acids is 1. The Morgan fingerprint density at radius 1 is 1.50 bits per heavy atom. The van der Waals surface area contributed by atoms with E-state index in [1.165, 1.54) is 4.88 Å². The third-order valence-corrected chi connectivity index (χ3v) is 4.81. The van der Waals surface area contributed by atoms with Gasteiger partial charge < -0.3 is 10.1 Å². The molecule has 0 aliphatic carbocycles. The first-order chi connectivity index (χ1) is 9.62. The molecule has 1 amide bonds. The van der Waals surface area contributed by atoms with Gasteiger partial charge in [-0.25, -0.2) is 4.98 Å². The van der Waals surface area contributed by atoms with Gasteiger partial charge >= 0.3 is 0 Å². The van der Waals surface area contributed by atoms with Gasteiger partial charge in [-0.15, -0.1) is 11.3 Å². The fourth-order valence-electron chi connectivity index (χ4n) is 2.67. The zero-order valence-corrected chi connectivity index (χ0v) is 13.4. The standard InChI is InChI=1S/C15H24N2O2S/c1-4-12-8-11(6-7-19-12)9-14(18)17-15-16-13(5-2)10(3)20-15/h11-12H,4-9H2,1-3H3,(H,16,17,18). The first-order valence-corrected chi connectivity index (χ1v) is 8.31. The molecule has 0 bridgehead atoms. The highest BCUT2D eigenvalue weighted by Crippen LogP contribution is 2.26. The monoisotopic (exact) mass is 296 g/mol. The molecule has 1 aromatic rings. The molecule has 4 nitrogen and oxygen atoms in total. The molecule has 1 aliphatic heterocycles. The van der Waals surface area contributed by atoms with Crippen molar-refractivity contribution in [2.45, 2.75) is 59.0 Å². The van der Waals surface area contributed by atoms with Crippen LogP contribution in [0.5, 0.6) is 0 Å². The molecule has 0 aromatic carbocycles. The van der Waals surface area contributed by atoms with Gasteiger partial charge in [-0.3, -0.25) is 4.79 Å².